The van der Waals surface area contributed by atoms with E-state index in [1.807, 2.05) is 31.2 Å². The fraction of sp³-hybridized carbons (Fsp3) is 0.400. The molecule has 2 aromatic rings. The van der Waals surface area contributed by atoms with E-state index >= 15 is 0 Å². The first-order valence-corrected chi connectivity index (χ1v) is 8.16. The number of ether oxygens (including phenoxy) is 1. The smallest absolute Gasteiger partial charge is 0.273 e. The number of carbonyl (C=O) groups excluding carboxylic acids is 1. The van der Waals surface area contributed by atoms with E-state index < -0.39 is 0 Å². The van der Waals surface area contributed by atoms with E-state index in [9.17, 15) is 4.79 Å². The third kappa shape index (κ3) is 4.24. The van der Waals surface area contributed by atoms with E-state index in [-0.39, 0.29) is 18.5 Å². The monoisotopic (exact) mass is 320 g/mol. The molecule has 118 valence electrons. The zero-order chi connectivity index (χ0) is 15.9. The molecule has 0 spiro atoms. The third-order valence-electron chi connectivity index (χ3n) is 2.99. The third-order valence-corrected chi connectivity index (χ3v) is 4.00. The number of hydrogen-bond acceptors (Lipinski definition) is 6. The molecular formula is C15H20N4O2S. The standard InChI is InChI=1S/C15H20N4O2S/c1-3-4-8-22-15-18-17-14(16)19(15)13(20)10-21-12-7-5-6-11(2)9-12/h5-7,9H,3-4,8,10H2,1-2H3,(H2,16,17). The number of rotatable bonds is 7. The first-order valence-electron chi connectivity index (χ1n) is 7.18. The highest BCUT2D eigenvalue weighted by molar-refractivity contribution is 7.99. The van der Waals surface area contributed by atoms with Gasteiger partial charge in [0.15, 0.2) is 11.8 Å². The van der Waals surface area contributed by atoms with Crippen molar-refractivity contribution >= 4 is 23.6 Å². The highest BCUT2D eigenvalue weighted by atomic mass is 32.2. The largest absolute Gasteiger partial charge is 0.484 e. The molecule has 1 aromatic carbocycles. The second-order valence-electron chi connectivity index (χ2n) is 4.88. The second kappa shape index (κ2) is 7.84. The van der Waals surface area contributed by atoms with Crippen molar-refractivity contribution in [1.82, 2.24) is 14.8 Å². The molecule has 0 radical (unpaired) electrons. The number of nitrogens with zero attached hydrogens (tertiary/aromatic N) is 3. The molecule has 2 rings (SSSR count). The molecule has 0 atom stereocenters. The number of aryl methyl sites for hydroxylation is 1. The maximum Gasteiger partial charge on any atom is 0.273 e. The van der Waals surface area contributed by atoms with Gasteiger partial charge in [0.2, 0.25) is 5.95 Å². The number of aromatic nitrogens is 3. The van der Waals surface area contributed by atoms with Gasteiger partial charge in [0.05, 0.1) is 0 Å². The topological polar surface area (TPSA) is 83.0 Å². The van der Waals surface area contributed by atoms with Crippen LogP contribution in [-0.4, -0.2) is 33.0 Å². The lowest BCUT2D eigenvalue weighted by atomic mass is 10.2. The molecule has 0 fully saturated rings. The molecule has 6 nitrogen and oxygen atoms in total. The van der Waals surface area contributed by atoms with Crippen molar-refractivity contribution in [2.75, 3.05) is 18.1 Å². The van der Waals surface area contributed by atoms with E-state index in [4.69, 9.17) is 10.5 Å². The van der Waals surface area contributed by atoms with Gasteiger partial charge in [0, 0.05) is 5.75 Å². The summed E-state index contributed by atoms with van der Waals surface area (Å²) in [6.45, 7) is 3.97. The number of thioether (sulfide) groups is 1. The van der Waals surface area contributed by atoms with Crippen LogP contribution in [0.2, 0.25) is 0 Å². The molecule has 22 heavy (non-hydrogen) atoms. The van der Waals surface area contributed by atoms with Crippen LogP contribution >= 0.6 is 11.8 Å². The summed E-state index contributed by atoms with van der Waals surface area (Å²) in [5, 5.41) is 8.25. The Labute approximate surface area is 134 Å². The number of hydrogen-bond donors (Lipinski definition) is 1. The van der Waals surface area contributed by atoms with Gasteiger partial charge in [-0.15, -0.1) is 10.2 Å². The molecule has 2 N–H and O–H groups in total. The Morgan fingerprint density at radius 3 is 2.95 bits per heavy atom. The molecule has 0 aliphatic heterocycles. The van der Waals surface area contributed by atoms with Gasteiger partial charge in [-0.2, -0.15) is 0 Å². The summed E-state index contributed by atoms with van der Waals surface area (Å²) in [7, 11) is 0. The van der Waals surface area contributed by atoms with Gasteiger partial charge in [-0.1, -0.05) is 37.2 Å². The summed E-state index contributed by atoms with van der Waals surface area (Å²) in [4.78, 5) is 12.3. The van der Waals surface area contributed by atoms with Crippen LogP contribution < -0.4 is 10.5 Å². The van der Waals surface area contributed by atoms with Gasteiger partial charge in [-0.05, 0) is 31.0 Å². The molecule has 0 aliphatic rings. The molecule has 0 aliphatic carbocycles. The molecule has 0 bridgehead atoms. The first-order chi connectivity index (χ1) is 10.6. The minimum atomic E-state index is -0.275. The van der Waals surface area contributed by atoms with Gasteiger partial charge < -0.3 is 10.5 Å². The van der Waals surface area contributed by atoms with Crippen molar-refractivity contribution < 1.29 is 9.53 Å². The number of benzene rings is 1. The highest BCUT2D eigenvalue weighted by Crippen LogP contribution is 2.20. The van der Waals surface area contributed by atoms with Crippen LogP contribution in [0.15, 0.2) is 29.4 Å². The van der Waals surface area contributed by atoms with Gasteiger partial charge in [0.1, 0.15) is 5.75 Å². The van der Waals surface area contributed by atoms with Crippen LogP contribution in [0.5, 0.6) is 5.75 Å². The fourth-order valence-electron chi connectivity index (χ4n) is 1.83. The minimum absolute atomic E-state index is 0.0943. The van der Waals surface area contributed by atoms with Crippen LogP contribution in [0.4, 0.5) is 5.95 Å². The predicted octanol–water partition coefficient (Wildman–Crippen LogP) is 2.78. The van der Waals surface area contributed by atoms with Gasteiger partial charge >= 0.3 is 0 Å². The zero-order valence-corrected chi connectivity index (χ0v) is 13.6. The molecule has 0 amide bonds. The zero-order valence-electron chi connectivity index (χ0n) is 12.8. The molecular weight excluding hydrogens is 300 g/mol. The van der Waals surface area contributed by atoms with E-state index in [2.05, 4.69) is 17.1 Å². The molecule has 0 saturated heterocycles. The van der Waals surface area contributed by atoms with Gasteiger partial charge in [0.25, 0.3) is 5.91 Å². The summed E-state index contributed by atoms with van der Waals surface area (Å²) >= 11 is 1.48. The van der Waals surface area contributed by atoms with E-state index in [1.165, 1.54) is 16.3 Å². The molecule has 1 aromatic heterocycles. The Morgan fingerprint density at radius 1 is 1.41 bits per heavy atom. The average molecular weight is 320 g/mol. The lowest BCUT2D eigenvalue weighted by Crippen LogP contribution is -2.22. The number of carbonyl (C=O) groups is 1. The minimum Gasteiger partial charge on any atom is -0.484 e. The quantitative estimate of drug-likeness (QED) is 0.624. The van der Waals surface area contributed by atoms with E-state index in [1.54, 1.807) is 0 Å². The van der Waals surface area contributed by atoms with Crippen molar-refractivity contribution in [2.45, 2.75) is 31.8 Å². The molecule has 1 heterocycles. The van der Waals surface area contributed by atoms with Crippen LogP contribution in [0, 0.1) is 6.92 Å². The van der Waals surface area contributed by atoms with Crippen LogP contribution in [0.3, 0.4) is 0 Å². The van der Waals surface area contributed by atoms with Crippen LogP contribution in [-0.2, 0) is 0 Å². The summed E-state index contributed by atoms with van der Waals surface area (Å²) in [6.07, 6.45) is 2.13. The van der Waals surface area contributed by atoms with E-state index in [0.717, 1.165) is 24.2 Å². The molecule has 7 heteroatoms. The first kappa shape index (κ1) is 16.4. The average Bonchev–Trinajstić information content (AvgIpc) is 2.86. The number of nitrogen functional groups attached to an aromatic ring is 1. The SMILES string of the molecule is CCCCSc1nnc(N)n1C(=O)COc1cccc(C)c1. The Bertz CT molecular complexity index is 642. The lowest BCUT2D eigenvalue weighted by molar-refractivity contribution is 0.0829. The van der Waals surface area contributed by atoms with E-state index in [0.29, 0.717) is 10.9 Å². The molecule has 0 unspecified atom stereocenters. The number of nitrogens with two attached hydrogens (primary N) is 1. The Balaban J connectivity index is 2.01. The summed E-state index contributed by atoms with van der Waals surface area (Å²) < 4.78 is 6.83. The van der Waals surface area contributed by atoms with Crippen LogP contribution in [0.25, 0.3) is 0 Å². The van der Waals surface area contributed by atoms with Crippen molar-refractivity contribution in [2.24, 2.45) is 0 Å². The van der Waals surface area contributed by atoms with Gasteiger partial charge in [-0.25, -0.2) is 4.57 Å². The summed E-state index contributed by atoms with van der Waals surface area (Å²) in [5.74, 6) is 1.35. The molecule has 0 saturated carbocycles. The highest BCUT2D eigenvalue weighted by Gasteiger charge is 2.17. The fourth-order valence-corrected chi connectivity index (χ4v) is 2.87. The summed E-state index contributed by atoms with van der Waals surface area (Å²) in [6, 6.07) is 7.54. The van der Waals surface area contributed by atoms with Crippen molar-refractivity contribution in [3.8, 4) is 5.75 Å². The Morgan fingerprint density at radius 2 is 2.23 bits per heavy atom. The normalized spacial score (nSPS) is 10.6. The number of anilines is 1. The maximum absolute atomic E-state index is 12.3. The van der Waals surface area contributed by atoms with Crippen molar-refractivity contribution in [1.29, 1.82) is 0 Å². The summed E-state index contributed by atoms with van der Waals surface area (Å²) in [5.41, 5.74) is 6.81. The maximum atomic E-state index is 12.3. The Hall–Kier alpha value is -2.02. The van der Waals surface area contributed by atoms with Crippen LogP contribution in [0.1, 0.15) is 30.1 Å². The van der Waals surface area contributed by atoms with Gasteiger partial charge in [-0.3, -0.25) is 4.79 Å². The van der Waals surface area contributed by atoms with Crippen molar-refractivity contribution in [3.63, 3.8) is 0 Å². The Kier molecular flexibility index (Phi) is 5.83. The number of unbranched alkanes of at least 4 members (excludes halogenated alkanes) is 1. The lowest BCUT2D eigenvalue weighted by Gasteiger charge is -2.09. The second-order valence-corrected chi connectivity index (χ2v) is 5.94. The van der Waals surface area contributed by atoms with Crippen molar-refractivity contribution in [3.05, 3.63) is 29.8 Å². The predicted molar refractivity (Wildman–Crippen MR) is 87.4 cm³/mol.